The third kappa shape index (κ3) is 2.76. The first-order valence-corrected chi connectivity index (χ1v) is 5.64. The molecule has 100 valence electrons. The molecule has 0 radical (unpaired) electrons. The second-order valence-corrected chi connectivity index (χ2v) is 4.53. The minimum atomic E-state index is -0.757. The Bertz CT molecular complexity index is 479. The van der Waals surface area contributed by atoms with E-state index in [9.17, 15) is 9.18 Å². The van der Waals surface area contributed by atoms with Gasteiger partial charge in [-0.25, -0.2) is 4.39 Å². The maximum Gasteiger partial charge on any atom is 0.244 e. The fraction of sp³-hybridized carbons (Fsp3) is 0.364. The van der Waals surface area contributed by atoms with Crippen molar-refractivity contribution < 1.29 is 9.18 Å². The summed E-state index contributed by atoms with van der Waals surface area (Å²) in [5, 5.41) is 2.48. The zero-order chi connectivity index (χ0) is 14.0. The van der Waals surface area contributed by atoms with Gasteiger partial charge >= 0.3 is 0 Å². The summed E-state index contributed by atoms with van der Waals surface area (Å²) in [4.78, 5) is 13.1. The van der Waals surface area contributed by atoms with Gasteiger partial charge in [-0.15, -0.1) is 0 Å². The number of benzene rings is 1. The number of hydrogen-bond donors (Lipinski definition) is 3. The van der Waals surface area contributed by atoms with Gasteiger partial charge in [-0.1, -0.05) is 11.6 Å². The van der Waals surface area contributed by atoms with Crippen molar-refractivity contribution >= 4 is 34.6 Å². The summed E-state index contributed by atoms with van der Waals surface area (Å²) < 4.78 is 13.9. The molecule has 5 N–H and O–H groups in total. The van der Waals surface area contributed by atoms with E-state index in [1.807, 2.05) is 0 Å². The summed E-state index contributed by atoms with van der Waals surface area (Å²) in [6.45, 7) is 1.60. The first kappa shape index (κ1) is 14.4. The molecule has 1 amide bonds. The van der Waals surface area contributed by atoms with Crippen molar-refractivity contribution in [1.82, 2.24) is 4.90 Å². The van der Waals surface area contributed by atoms with Crippen LogP contribution in [0.4, 0.5) is 21.5 Å². The van der Waals surface area contributed by atoms with Crippen LogP contribution in [0.25, 0.3) is 0 Å². The van der Waals surface area contributed by atoms with Gasteiger partial charge in [0, 0.05) is 14.1 Å². The van der Waals surface area contributed by atoms with Crippen LogP contribution in [0.15, 0.2) is 6.07 Å². The molecule has 5 nitrogen and oxygen atoms in total. The van der Waals surface area contributed by atoms with Crippen molar-refractivity contribution in [2.75, 3.05) is 30.9 Å². The van der Waals surface area contributed by atoms with Gasteiger partial charge in [0.25, 0.3) is 0 Å². The van der Waals surface area contributed by atoms with Crippen molar-refractivity contribution in [3.63, 3.8) is 0 Å². The predicted octanol–water partition coefficient (Wildman–Crippen LogP) is 1.53. The van der Waals surface area contributed by atoms with Crippen molar-refractivity contribution in [1.29, 1.82) is 0 Å². The smallest absolute Gasteiger partial charge is 0.244 e. The standard InChI is InChI=1S/C11H16ClFN4O/c1-5(11(18)17(2)3)16-10-7(15)4-6(14)8(12)9(10)13/h4-5,16H,14-15H2,1-3H3. The molecule has 7 heteroatoms. The molecule has 1 atom stereocenters. The molecule has 1 rings (SSSR count). The lowest BCUT2D eigenvalue weighted by molar-refractivity contribution is -0.129. The molecule has 0 saturated carbocycles. The highest BCUT2D eigenvalue weighted by Gasteiger charge is 2.20. The molecule has 0 aliphatic rings. The van der Waals surface area contributed by atoms with Crippen LogP contribution in [0.2, 0.25) is 5.02 Å². The molecule has 0 fully saturated rings. The van der Waals surface area contributed by atoms with Gasteiger partial charge in [0.1, 0.15) is 11.1 Å². The first-order valence-electron chi connectivity index (χ1n) is 5.26. The fourth-order valence-electron chi connectivity index (χ4n) is 1.48. The molecular formula is C11H16ClFN4O. The predicted molar refractivity (Wildman–Crippen MR) is 72.0 cm³/mol. The Kier molecular flexibility index (Phi) is 4.24. The largest absolute Gasteiger partial charge is 0.397 e. The molecule has 1 unspecified atom stereocenters. The van der Waals surface area contributed by atoms with E-state index in [0.717, 1.165) is 0 Å². The molecule has 1 aromatic carbocycles. The lowest BCUT2D eigenvalue weighted by Crippen LogP contribution is -2.37. The number of nitrogen functional groups attached to an aromatic ring is 2. The summed E-state index contributed by atoms with van der Waals surface area (Å²) >= 11 is 5.69. The van der Waals surface area contributed by atoms with Crippen LogP contribution in [0.1, 0.15) is 6.92 Å². The van der Waals surface area contributed by atoms with E-state index in [-0.39, 0.29) is 28.0 Å². The van der Waals surface area contributed by atoms with Crippen LogP contribution in [0.3, 0.4) is 0 Å². The number of halogens is 2. The van der Waals surface area contributed by atoms with Gasteiger partial charge in [0.05, 0.1) is 17.1 Å². The van der Waals surface area contributed by atoms with Crippen LogP contribution < -0.4 is 16.8 Å². The maximum atomic E-state index is 13.9. The molecule has 0 aliphatic carbocycles. The van der Waals surface area contributed by atoms with Crippen LogP contribution in [0.5, 0.6) is 0 Å². The Morgan fingerprint density at radius 2 is 2.00 bits per heavy atom. The minimum absolute atomic E-state index is 0.0168. The normalized spacial score (nSPS) is 12.1. The molecular weight excluding hydrogens is 259 g/mol. The second-order valence-electron chi connectivity index (χ2n) is 4.16. The third-order valence-electron chi connectivity index (χ3n) is 2.44. The van der Waals surface area contributed by atoms with E-state index in [2.05, 4.69) is 5.32 Å². The zero-order valence-electron chi connectivity index (χ0n) is 10.4. The number of carbonyl (C=O) groups excluding carboxylic acids is 1. The summed E-state index contributed by atoms with van der Waals surface area (Å²) in [6.07, 6.45) is 0. The summed E-state index contributed by atoms with van der Waals surface area (Å²) in [6, 6.07) is 0.720. The Hall–Kier alpha value is -1.69. The molecule has 0 aliphatic heterocycles. The van der Waals surface area contributed by atoms with Crippen LogP contribution in [0, 0.1) is 5.82 Å². The van der Waals surface area contributed by atoms with Gasteiger partial charge in [-0.05, 0) is 13.0 Å². The molecule has 0 saturated heterocycles. The van der Waals surface area contributed by atoms with E-state index in [0.29, 0.717) is 0 Å². The summed E-state index contributed by atoms with van der Waals surface area (Å²) in [5.41, 5.74) is 11.3. The molecule has 18 heavy (non-hydrogen) atoms. The fourth-order valence-corrected chi connectivity index (χ4v) is 1.63. The van der Waals surface area contributed by atoms with Crippen LogP contribution in [-0.4, -0.2) is 30.9 Å². The molecule has 0 heterocycles. The highest BCUT2D eigenvalue weighted by molar-refractivity contribution is 6.33. The number of nitrogens with zero attached hydrogens (tertiary/aromatic N) is 1. The van der Waals surface area contributed by atoms with Crippen molar-refractivity contribution in [2.45, 2.75) is 13.0 Å². The van der Waals surface area contributed by atoms with Gasteiger partial charge in [0.15, 0.2) is 5.82 Å². The molecule has 0 aromatic heterocycles. The highest BCUT2D eigenvalue weighted by Crippen LogP contribution is 2.34. The molecule has 0 spiro atoms. The van der Waals surface area contributed by atoms with E-state index in [1.54, 1.807) is 21.0 Å². The lowest BCUT2D eigenvalue weighted by atomic mass is 10.2. The van der Waals surface area contributed by atoms with E-state index in [4.69, 9.17) is 23.1 Å². The zero-order valence-corrected chi connectivity index (χ0v) is 11.2. The third-order valence-corrected chi connectivity index (χ3v) is 2.82. The average molecular weight is 275 g/mol. The van der Waals surface area contributed by atoms with Crippen molar-refractivity contribution in [3.8, 4) is 0 Å². The number of nitrogens with two attached hydrogens (primary N) is 2. The quantitative estimate of drug-likeness (QED) is 0.730. The van der Waals surface area contributed by atoms with Crippen molar-refractivity contribution in [3.05, 3.63) is 16.9 Å². The number of carbonyl (C=O) groups is 1. The number of likely N-dealkylation sites (N-methyl/N-ethyl adjacent to an activating group) is 1. The van der Waals surface area contributed by atoms with Gasteiger partial charge < -0.3 is 21.7 Å². The van der Waals surface area contributed by atoms with E-state index in [1.165, 1.54) is 11.0 Å². The monoisotopic (exact) mass is 274 g/mol. The lowest BCUT2D eigenvalue weighted by Gasteiger charge is -2.20. The SMILES string of the molecule is CC(Nc1c(N)cc(N)c(Cl)c1F)C(=O)N(C)C. The minimum Gasteiger partial charge on any atom is -0.397 e. The average Bonchev–Trinajstić information content (AvgIpc) is 2.30. The Morgan fingerprint density at radius 3 is 2.50 bits per heavy atom. The van der Waals surface area contributed by atoms with Crippen LogP contribution in [-0.2, 0) is 4.79 Å². The number of hydrogen-bond acceptors (Lipinski definition) is 4. The maximum absolute atomic E-state index is 13.9. The number of anilines is 3. The first-order chi connectivity index (χ1) is 8.25. The van der Waals surface area contributed by atoms with E-state index >= 15 is 0 Å². The van der Waals surface area contributed by atoms with Crippen LogP contribution >= 0.6 is 11.6 Å². The topological polar surface area (TPSA) is 84.4 Å². The number of amides is 1. The van der Waals surface area contributed by atoms with Gasteiger partial charge in [-0.2, -0.15) is 0 Å². The summed E-state index contributed by atoms with van der Waals surface area (Å²) in [5.74, 6) is -0.964. The number of nitrogens with one attached hydrogen (secondary N) is 1. The highest BCUT2D eigenvalue weighted by atomic mass is 35.5. The van der Waals surface area contributed by atoms with E-state index < -0.39 is 11.9 Å². The Balaban J connectivity index is 3.05. The molecule has 1 aromatic rings. The molecule has 0 bridgehead atoms. The Labute approximate surface area is 110 Å². The van der Waals surface area contributed by atoms with Gasteiger partial charge in [-0.3, -0.25) is 4.79 Å². The second kappa shape index (κ2) is 5.30. The van der Waals surface area contributed by atoms with Gasteiger partial charge in [0.2, 0.25) is 5.91 Å². The van der Waals surface area contributed by atoms with Crippen molar-refractivity contribution in [2.24, 2.45) is 0 Å². The summed E-state index contributed by atoms with van der Waals surface area (Å²) in [7, 11) is 3.21. The Morgan fingerprint density at radius 1 is 1.44 bits per heavy atom. The number of rotatable bonds is 3.